The lowest BCUT2D eigenvalue weighted by molar-refractivity contribution is 0.0594. The molecule has 0 saturated heterocycles. The number of amides is 1. The van der Waals surface area contributed by atoms with Gasteiger partial charge in [0.05, 0.1) is 29.7 Å². The number of nitrogens with zero attached hydrogens (tertiary/aromatic N) is 4. The largest absolute Gasteiger partial charge is 0.464 e. The van der Waals surface area contributed by atoms with Crippen molar-refractivity contribution in [2.24, 2.45) is 7.05 Å². The van der Waals surface area contributed by atoms with Crippen LogP contribution in [0, 0.1) is 13.8 Å². The topological polar surface area (TPSA) is 91.0 Å². The first-order chi connectivity index (χ1) is 10.4. The number of ether oxygens (including phenoxy) is 1. The van der Waals surface area contributed by atoms with E-state index in [4.69, 9.17) is 4.74 Å². The van der Waals surface area contributed by atoms with E-state index in [-0.39, 0.29) is 11.6 Å². The van der Waals surface area contributed by atoms with Gasteiger partial charge in [0.2, 0.25) is 0 Å². The predicted octanol–water partition coefficient (Wildman–Crippen LogP) is 1.29. The zero-order chi connectivity index (χ0) is 16.4. The molecule has 0 aliphatic carbocycles. The van der Waals surface area contributed by atoms with Crippen molar-refractivity contribution in [1.82, 2.24) is 19.6 Å². The van der Waals surface area contributed by atoms with Crippen LogP contribution in [0.4, 0.5) is 5.69 Å². The third kappa shape index (κ3) is 2.72. The second kappa shape index (κ2) is 6.00. The van der Waals surface area contributed by atoms with E-state index >= 15 is 0 Å². The molecule has 0 bridgehead atoms. The molecule has 2 aromatic rings. The van der Waals surface area contributed by atoms with Crippen LogP contribution in [0.15, 0.2) is 6.20 Å². The average Bonchev–Trinajstić information content (AvgIpc) is 3.01. The maximum absolute atomic E-state index is 12.4. The molecule has 0 aliphatic heterocycles. The van der Waals surface area contributed by atoms with Crippen LogP contribution in [0.5, 0.6) is 0 Å². The van der Waals surface area contributed by atoms with E-state index in [1.54, 1.807) is 31.8 Å². The molecule has 8 heteroatoms. The monoisotopic (exact) mass is 305 g/mol. The summed E-state index contributed by atoms with van der Waals surface area (Å²) in [6.45, 7) is 6.14. The molecule has 118 valence electrons. The maximum Gasteiger partial charge on any atom is 0.360 e. The first-order valence-corrected chi connectivity index (χ1v) is 6.86. The first kappa shape index (κ1) is 15.7. The summed E-state index contributed by atoms with van der Waals surface area (Å²) in [4.78, 5) is 24.2. The SMILES string of the molecule is CCn1cc(C(=O)Nc2c(C(=O)OC)nn(C)c2C)c(C)n1. The number of rotatable bonds is 4. The molecular formula is C14H19N5O3. The fourth-order valence-electron chi connectivity index (χ4n) is 2.08. The van der Waals surface area contributed by atoms with Crippen LogP contribution in [0.1, 0.15) is 39.2 Å². The number of nitrogens with one attached hydrogen (secondary N) is 1. The highest BCUT2D eigenvalue weighted by molar-refractivity contribution is 6.08. The molecule has 0 unspecified atom stereocenters. The molecule has 2 aromatic heterocycles. The predicted molar refractivity (Wildman–Crippen MR) is 79.9 cm³/mol. The molecule has 0 fully saturated rings. The minimum atomic E-state index is -0.597. The summed E-state index contributed by atoms with van der Waals surface area (Å²) in [6.07, 6.45) is 1.67. The van der Waals surface area contributed by atoms with Crippen molar-refractivity contribution in [2.75, 3.05) is 12.4 Å². The lowest BCUT2D eigenvalue weighted by Crippen LogP contribution is -2.15. The van der Waals surface area contributed by atoms with Crippen molar-refractivity contribution in [3.63, 3.8) is 0 Å². The molecule has 0 aliphatic rings. The lowest BCUT2D eigenvalue weighted by Gasteiger charge is -2.05. The van der Waals surface area contributed by atoms with Gasteiger partial charge >= 0.3 is 5.97 Å². The summed E-state index contributed by atoms with van der Waals surface area (Å²) in [6, 6.07) is 0. The molecular weight excluding hydrogens is 286 g/mol. The zero-order valence-electron chi connectivity index (χ0n) is 13.3. The molecule has 0 saturated carbocycles. The van der Waals surface area contributed by atoms with E-state index in [0.717, 1.165) is 0 Å². The molecule has 2 rings (SSSR count). The van der Waals surface area contributed by atoms with Gasteiger partial charge in [0.1, 0.15) is 0 Å². The van der Waals surface area contributed by atoms with Gasteiger partial charge in [-0.2, -0.15) is 10.2 Å². The summed E-state index contributed by atoms with van der Waals surface area (Å²) in [5.41, 5.74) is 2.18. The molecule has 0 aromatic carbocycles. The van der Waals surface area contributed by atoms with Crippen LogP contribution in [0.3, 0.4) is 0 Å². The smallest absolute Gasteiger partial charge is 0.360 e. The number of aromatic nitrogens is 4. The van der Waals surface area contributed by atoms with Gasteiger partial charge in [0, 0.05) is 19.8 Å². The number of methoxy groups -OCH3 is 1. The molecule has 0 atom stereocenters. The Morgan fingerprint density at radius 3 is 2.55 bits per heavy atom. The van der Waals surface area contributed by atoms with Crippen LogP contribution in [0.2, 0.25) is 0 Å². The number of anilines is 1. The van der Waals surface area contributed by atoms with Crippen LogP contribution in [-0.2, 0) is 18.3 Å². The Hall–Kier alpha value is -2.64. The van der Waals surface area contributed by atoms with Crippen LogP contribution < -0.4 is 5.32 Å². The zero-order valence-corrected chi connectivity index (χ0v) is 13.3. The van der Waals surface area contributed by atoms with Gasteiger partial charge in [-0.15, -0.1) is 0 Å². The summed E-state index contributed by atoms with van der Waals surface area (Å²) in [5.74, 6) is -0.932. The highest BCUT2D eigenvalue weighted by Gasteiger charge is 2.23. The summed E-state index contributed by atoms with van der Waals surface area (Å²) in [5, 5.41) is 11.0. The minimum absolute atomic E-state index is 0.0800. The van der Waals surface area contributed by atoms with Crippen molar-refractivity contribution in [1.29, 1.82) is 0 Å². The number of hydrogen-bond donors (Lipinski definition) is 1. The number of carbonyl (C=O) groups excluding carboxylic acids is 2. The van der Waals surface area contributed by atoms with E-state index in [0.29, 0.717) is 29.2 Å². The fourth-order valence-corrected chi connectivity index (χ4v) is 2.08. The molecule has 0 radical (unpaired) electrons. The molecule has 8 nitrogen and oxygen atoms in total. The summed E-state index contributed by atoms with van der Waals surface area (Å²) < 4.78 is 7.90. The van der Waals surface area contributed by atoms with Crippen molar-refractivity contribution >= 4 is 17.6 Å². The van der Waals surface area contributed by atoms with Gasteiger partial charge in [0.15, 0.2) is 5.69 Å². The van der Waals surface area contributed by atoms with E-state index in [1.165, 1.54) is 11.8 Å². The normalized spacial score (nSPS) is 10.6. The van der Waals surface area contributed by atoms with E-state index in [2.05, 4.69) is 15.5 Å². The van der Waals surface area contributed by atoms with Gasteiger partial charge < -0.3 is 10.1 Å². The Morgan fingerprint density at radius 1 is 1.32 bits per heavy atom. The van der Waals surface area contributed by atoms with E-state index in [1.807, 2.05) is 6.92 Å². The standard InChI is InChI=1S/C14H19N5O3/c1-6-19-7-10(8(2)16-19)13(20)15-11-9(3)18(4)17-12(11)14(21)22-5/h7H,6H2,1-5H3,(H,15,20). The third-order valence-electron chi connectivity index (χ3n) is 3.47. The number of carbonyl (C=O) groups is 2. The molecule has 2 heterocycles. The fraction of sp³-hybridized carbons (Fsp3) is 0.429. The highest BCUT2D eigenvalue weighted by atomic mass is 16.5. The van der Waals surface area contributed by atoms with E-state index in [9.17, 15) is 9.59 Å². The Balaban J connectivity index is 2.35. The number of esters is 1. The van der Waals surface area contributed by atoms with Crippen molar-refractivity contribution in [2.45, 2.75) is 27.3 Å². The van der Waals surface area contributed by atoms with Crippen LogP contribution in [-0.4, -0.2) is 38.5 Å². The summed E-state index contributed by atoms with van der Waals surface area (Å²) in [7, 11) is 2.96. The van der Waals surface area contributed by atoms with Crippen molar-refractivity contribution < 1.29 is 14.3 Å². The Bertz CT molecular complexity index is 729. The van der Waals surface area contributed by atoms with Crippen LogP contribution in [0.25, 0.3) is 0 Å². The molecule has 0 spiro atoms. The van der Waals surface area contributed by atoms with Crippen molar-refractivity contribution in [3.8, 4) is 0 Å². The Morgan fingerprint density at radius 2 is 2.00 bits per heavy atom. The van der Waals surface area contributed by atoms with E-state index < -0.39 is 5.97 Å². The Labute approximate surface area is 128 Å². The number of aryl methyl sites for hydroxylation is 3. The van der Waals surface area contributed by atoms with Gasteiger partial charge in [-0.1, -0.05) is 0 Å². The number of hydrogen-bond acceptors (Lipinski definition) is 5. The third-order valence-corrected chi connectivity index (χ3v) is 3.47. The maximum atomic E-state index is 12.4. The first-order valence-electron chi connectivity index (χ1n) is 6.86. The van der Waals surface area contributed by atoms with Gasteiger partial charge in [-0.25, -0.2) is 4.79 Å². The molecule has 1 amide bonds. The quantitative estimate of drug-likeness (QED) is 0.860. The lowest BCUT2D eigenvalue weighted by atomic mass is 10.2. The van der Waals surface area contributed by atoms with Gasteiger partial charge in [0.25, 0.3) is 5.91 Å². The van der Waals surface area contributed by atoms with Crippen molar-refractivity contribution in [3.05, 3.63) is 28.8 Å². The highest BCUT2D eigenvalue weighted by Crippen LogP contribution is 2.21. The average molecular weight is 305 g/mol. The summed E-state index contributed by atoms with van der Waals surface area (Å²) >= 11 is 0. The second-order valence-corrected chi connectivity index (χ2v) is 4.86. The Kier molecular flexibility index (Phi) is 4.30. The van der Waals surface area contributed by atoms with Crippen LogP contribution >= 0.6 is 0 Å². The second-order valence-electron chi connectivity index (χ2n) is 4.86. The van der Waals surface area contributed by atoms with Gasteiger partial charge in [-0.05, 0) is 20.8 Å². The molecule has 22 heavy (non-hydrogen) atoms. The molecule has 1 N–H and O–H groups in total. The van der Waals surface area contributed by atoms with Gasteiger partial charge in [-0.3, -0.25) is 14.2 Å². The minimum Gasteiger partial charge on any atom is -0.464 e.